The molecule has 0 saturated carbocycles. The smallest absolute Gasteiger partial charge is 0.237 e. The number of fused-ring (bicyclic) bond motifs is 2. The normalized spacial score (nSPS) is 19.4. The largest absolute Gasteiger partial charge is 0.618 e. The third-order valence-electron chi connectivity index (χ3n) is 9.03. The molecular weight excluding hydrogens is 596 g/mol. The van der Waals surface area contributed by atoms with Gasteiger partial charge >= 0.3 is 0 Å². The van der Waals surface area contributed by atoms with Gasteiger partial charge in [0.2, 0.25) is 22.8 Å². The first-order valence-electron chi connectivity index (χ1n) is 15.9. The molecule has 2 heterocycles. The molecular formula is C42H34N2O4. The van der Waals surface area contributed by atoms with Crippen molar-refractivity contribution in [3.8, 4) is 0 Å². The second-order valence-electron chi connectivity index (χ2n) is 12.1. The lowest BCUT2D eigenvalue weighted by molar-refractivity contribution is -0.359. The molecule has 0 aliphatic carbocycles. The van der Waals surface area contributed by atoms with E-state index in [-0.39, 0.29) is 0 Å². The van der Waals surface area contributed by atoms with Crippen molar-refractivity contribution in [3.63, 3.8) is 0 Å². The van der Waals surface area contributed by atoms with Gasteiger partial charge in [-0.2, -0.15) is 9.48 Å². The van der Waals surface area contributed by atoms with Gasteiger partial charge in [-0.05, 0) is 47.5 Å². The Morgan fingerprint density at radius 2 is 0.688 bits per heavy atom. The first-order chi connectivity index (χ1) is 23.4. The van der Waals surface area contributed by atoms with E-state index in [1.807, 2.05) is 158 Å². The van der Waals surface area contributed by atoms with E-state index in [9.17, 15) is 20.6 Å². The lowest BCUT2D eigenvalue weighted by atomic mass is 9.82. The van der Waals surface area contributed by atoms with Crippen LogP contribution in [-0.2, 0) is 24.0 Å². The predicted octanol–water partition coefficient (Wildman–Crippen LogP) is 7.52. The summed E-state index contributed by atoms with van der Waals surface area (Å²) in [6, 6.07) is 52.8. The molecule has 0 spiro atoms. The highest BCUT2D eigenvalue weighted by Crippen LogP contribution is 2.43. The number of hydrogen-bond donors (Lipinski definition) is 2. The summed E-state index contributed by atoms with van der Waals surface area (Å²) < 4.78 is 1.74. The van der Waals surface area contributed by atoms with Gasteiger partial charge in [0.25, 0.3) is 0 Å². The lowest BCUT2D eigenvalue weighted by Gasteiger charge is -2.22. The van der Waals surface area contributed by atoms with Crippen molar-refractivity contribution >= 4 is 22.8 Å². The monoisotopic (exact) mass is 630 g/mol. The van der Waals surface area contributed by atoms with Gasteiger partial charge < -0.3 is 20.6 Å². The van der Waals surface area contributed by atoms with E-state index in [0.29, 0.717) is 46.8 Å². The van der Waals surface area contributed by atoms with Gasteiger partial charge in [0.1, 0.15) is 0 Å². The third-order valence-corrected chi connectivity index (χ3v) is 9.03. The quantitative estimate of drug-likeness (QED) is 0.147. The van der Waals surface area contributed by atoms with E-state index < -0.39 is 11.2 Å². The topological polar surface area (TPSA) is 92.6 Å². The zero-order valence-electron chi connectivity index (χ0n) is 26.2. The van der Waals surface area contributed by atoms with Crippen LogP contribution in [0.25, 0.3) is 0 Å². The molecule has 0 radical (unpaired) electrons. The summed E-state index contributed by atoms with van der Waals surface area (Å²) in [5, 5.41) is 49.0. The molecule has 2 N–H and O–H groups in total. The Morgan fingerprint density at radius 3 is 1.04 bits per heavy atom. The molecule has 0 fully saturated rings. The molecule has 0 saturated heterocycles. The maximum absolute atomic E-state index is 12.9. The van der Waals surface area contributed by atoms with E-state index in [1.165, 1.54) is 0 Å². The van der Waals surface area contributed by atoms with Crippen molar-refractivity contribution in [2.75, 3.05) is 0 Å². The maximum atomic E-state index is 12.9. The molecule has 236 valence electrons. The van der Waals surface area contributed by atoms with Gasteiger partial charge in [-0.1, -0.05) is 121 Å². The predicted molar refractivity (Wildman–Crippen MR) is 189 cm³/mol. The van der Waals surface area contributed by atoms with Crippen LogP contribution in [0.5, 0.6) is 0 Å². The highest BCUT2D eigenvalue weighted by molar-refractivity contribution is 6.07. The number of para-hydroxylation sites is 2. The Kier molecular flexibility index (Phi) is 8.19. The Hall–Kier alpha value is -5.82. The van der Waals surface area contributed by atoms with Crippen LogP contribution in [0.3, 0.4) is 0 Å². The van der Waals surface area contributed by atoms with Crippen molar-refractivity contribution in [1.82, 2.24) is 0 Å². The highest BCUT2D eigenvalue weighted by atomic mass is 16.5. The summed E-state index contributed by atoms with van der Waals surface area (Å²) in [5.41, 5.74) is 3.85. The standard InChI is InChI=1S/2C21H17NO2/c2*23-21(15-16-9-3-1-4-10-16)18-13-7-8-14-19(18)22(24)20(21)17-11-5-2-6-12-17/h2*1-14,23H,15H2/t2*21-/m10/s1. The van der Waals surface area contributed by atoms with E-state index >= 15 is 0 Å². The fraction of sp³-hybridized carbons (Fsp3) is 0.0952. The SMILES string of the molecule is [O-][N+]1=C(c2ccccc2)[C@@](O)(Cc2ccccc2)c2ccccc21.[O-][N+]1=C(c2ccccc2)[C@](O)(Cc2ccccc2)c2ccccc21. The molecule has 0 amide bonds. The van der Waals surface area contributed by atoms with Crippen LogP contribution in [0.2, 0.25) is 0 Å². The summed E-state index contributed by atoms with van der Waals surface area (Å²) in [6.07, 6.45) is 0.710. The van der Waals surface area contributed by atoms with Gasteiger partial charge in [0.05, 0.1) is 11.1 Å². The fourth-order valence-corrected chi connectivity index (χ4v) is 6.88. The number of aliphatic hydroxyl groups is 2. The third kappa shape index (κ3) is 5.47. The van der Waals surface area contributed by atoms with Gasteiger partial charge in [-0.3, -0.25) is 0 Å². The van der Waals surface area contributed by atoms with Crippen LogP contribution in [0.4, 0.5) is 11.4 Å². The molecule has 6 nitrogen and oxygen atoms in total. The molecule has 2 atom stereocenters. The van der Waals surface area contributed by atoms with Crippen molar-refractivity contribution in [2.45, 2.75) is 24.0 Å². The van der Waals surface area contributed by atoms with Gasteiger partial charge in [0.15, 0.2) is 11.2 Å². The van der Waals surface area contributed by atoms with E-state index in [1.54, 1.807) is 12.1 Å². The van der Waals surface area contributed by atoms with Gasteiger partial charge in [-0.25, -0.2) is 0 Å². The minimum absolute atomic E-state index is 0.355. The van der Waals surface area contributed by atoms with Crippen LogP contribution in [0.15, 0.2) is 170 Å². The summed E-state index contributed by atoms with van der Waals surface area (Å²) in [4.78, 5) is 0. The highest BCUT2D eigenvalue weighted by Gasteiger charge is 2.51. The Labute approximate surface area is 279 Å². The molecule has 0 aromatic heterocycles. The fourth-order valence-electron chi connectivity index (χ4n) is 6.88. The molecule has 0 bridgehead atoms. The molecule has 8 rings (SSSR count). The first kappa shape index (κ1) is 30.8. The van der Waals surface area contributed by atoms with Crippen LogP contribution < -0.4 is 0 Å². The number of nitrogens with zero attached hydrogens (tertiary/aromatic N) is 2. The van der Waals surface area contributed by atoms with Crippen LogP contribution >= 0.6 is 0 Å². The van der Waals surface area contributed by atoms with Gasteiger partial charge in [-0.15, -0.1) is 0 Å². The zero-order chi connectivity index (χ0) is 33.1. The molecule has 6 aromatic carbocycles. The second kappa shape index (κ2) is 12.8. The number of hydrogen-bond acceptors (Lipinski definition) is 4. The average Bonchev–Trinajstić information content (AvgIpc) is 3.49. The molecule has 2 aliphatic rings. The van der Waals surface area contributed by atoms with Crippen molar-refractivity contribution < 1.29 is 19.7 Å². The first-order valence-corrected chi connectivity index (χ1v) is 15.9. The van der Waals surface area contributed by atoms with Crippen molar-refractivity contribution in [3.05, 3.63) is 214 Å². The maximum Gasteiger partial charge on any atom is 0.237 e. The molecule has 0 unspecified atom stereocenters. The molecule has 6 aromatic rings. The van der Waals surface area contributed by atoms with Crippen LogP contribution in [-0.4, -0.2) is 31.1 Å². The Bertz CT molecular complexity index is 1960. The van der Waals surface area contributed by atoms with Crippen LogP contribution in [0, 0.1) is 10.4 Å². The summed E-state index contributed by atoms with van der Waals surface area (Å²) in [7, 11) is 0. The van der Waals surface area contributed by atoms with Crippen LogP contribution in [0.1, 0.15) is 33.4 Å². The van der Waals surface area contributed by atoms with Crippen molar-refractivity contribution in [2.24, 2.45) is 0 Å². The second-order valence-corrected chi connectivity index (χ2v) is 12.1. The zero-order valence-corrected chi connectivity index (χ0v) is 26.2. The molecule has 48 heavy (non-hydrogen) atoms. The number of benzene rings is 6. The number of rotatable bonds is 6. The van der Waals surface area contributed by atoms with Gasteiger partial charge in [0, 0.05) is 36.1 Å². The molecule has 6 heteroatoms. The lowest BCUT2D eigenvalue weighted by Crippen LogP contribution is -2.37. The van der Waals surface area contributed by atoms with E-state index in [4.69, 9.17) is 0 Å². The molecule has 2 aliphatic heterocycles. The van der Waals surface area contributed by atoms with Crippen molar-refractivity contribution in [1.29, 1.82) is 0 Å². The average molecular weight is 631 g/mol. The Morgan fingerprint density at radius 1 is 0.396 bits per heavy atom. The van der Waals surface area contributed by atoms with E-state index in [0.717, 1.165) is 31.7 Å². The van der Waals surface area contributed by atoms with E-state index in [2.05, 4.69) is 0 Å². The summed E-state index contributed by atoms with van der Waals surface area (Å²) in [5.74, 6) is 0. The summed E-state index contributed by atoms with van der Waals surface area (Å²) >= 11 is 0. The Balaban J connectivity index is 0.000000152. The summed E-state index contributed by atoms with van der Waals surface area (Å²) in [6.45, 7) is 0. The minimum Gasteiger partial charge on any atom is -0.618 e. The minimum atomic E-state index is -1.35.